The molecule has 0 aromatic carbocycles. The Balaban J connectivity index is 2.40. The van der Waals surface area contributed by atoms with Crippen LogP contribution >= 0.6 is 0 Å². The summed E-state index contributed by atoms with van der Waals surface area (Å²) in [5, 5.41) is 13.3. The molecule has 1 saturated carbocycles. The van der Waals surface area contributed by atoms with Gasteiger partial charge in [0.1, 0.15) is 0 Å². The number of aliphatic hydroxyl groups is 1. The molecule has 1 rings (SSSR count). The van der Waals surface area contributed by atoms with Crippen LogP contribution in [-0.2, 0) is 0 Å². The minimum atomic E-state index is -0.129. The van der Waals surface area contributed by atoms with E-state index in [1.54, 1.807) is 0 Å². The molecule has 1 fully saturated rings. The van der Waals surface area contributed by atoms with Gasteiger partial charge < -0.3 is 20.2 Å². The second-order valence-corrected chi connectivity index (χ2v) is 6.98. The minimum absolute atomic E-state index is 0.129. The van der Waals surface area contributed by atoms with Gasteiger partial charge in [-0.3, -0.25) is 0 Å². The summed E-state index contributed by atoms with van der Waals surface area (Å²) in [7, 11) is 4.25. The second kappa shape index (κ2) is 8.32. The first-order chi connectivity index (χ1) is 9.40. The van der Waals surface area contributed by atoms with Crippen molar-refractivity contribution in [1.29, 1.82) is 0 Å². The average Bonchev–Trinajstić information content (AvgIpc) is 3.17. The van der Waals surface area contributed by atoms with Crippen molar-refractivity contribution in [1.82, 2.24) is 15.1 Å². The molecule has 0 spiro atoms. The molecule has 1 aliphatic carbocycles. The number of nitrogens with zero attached hydrogens (tertiary/aromatic N) is 2. The molecule has 0 heterocycles. The number of nitrogens with one attached hydrogen (secondary N) is 1. The molecule has 0 bridgehead atoms. The van der Waals surface area contributed by atoms with Crippen molar-refractivity contribution >= 4 is 0 Å². The molecule has 1 aliphatic rings. The Morgan fingerprint density at radius 1 is 1.30 bits per heavy atom. The first-order valence-electron chi connectivity index (χ1n) is 8.17. The molecule has 2 atom stereocenters. The quantitative estimate of drug-likeness (QED) is 0.604. The molecule has 0 aliphatic heterocycles. The van der Waals surface area contributed by atoms with E-state index in [1.165, 1.54) is 19.3 Å². The summed E-state index contributed by atoms with van der Waals surface area (Å²) in [6, 6.07) is 1.15. The second-order valence-electron chi connectivity index (χ2n) is 6.98. The predicted octanol–water partition coefficient (Wildman–Crippen LogP) is 1.54. The fraction of sp³-hybridized carbons (Fsp3) is 1.00. The van der Waals surface area contributed by atoms with E-state index < -0.39 is 0 Å². The lowest BCUT2D eigenvalue weighted by atomic mass is 9.93. The van der Waals surface area contributed by atoms with E-state index in [9.17, 15) is 5.11 Å². The van der Waals surface area contributed by atoms with E-state index in [-0.39, 0.29) is 12.1 Å². The Kier molecular flexibility index (Phi) is 7.45. The van der Waals surface area contributed by atoms with Crippen LogP contribution in [0.5, 0.6) is 0 Å². The highest BCUT2D eigenvalue weighted by atomic mass is 16.3. The van der Waals surface area contributed by atoms with Crippen molar-refractivity contribution in [3.63, 3.8) is 0 Å². The van der Waals surface area contributed by atoms with E-state index >= 15 is 0 Å². The topological polar surface area (TPSA) is 38.7 Å². The molecule has 0 radical (unpaired) electrons. The highest BCUT2D eigenvalue weighted by Gasteiger charge is 2.33. The zero-order valence-electron chi connectivity index (χ0n) is 14.2. The van der Waals surface area contributed by atoms with Crippen molar-refractivity contribution in [2.45, 2.75) is 64.1 Å². The molecule has 2 unspecified atom stereocenters. The van der Waals surface area contributed by atoms with Crippen LogP contribution in [0.1, 0.15) is 46.5 Å². The largest absolute Gasteiger partial charge is 0.394 e. The van der Waals surface area contributed by atoms with Gasteiger partial charge in [0.2, 0.25) is 0 Å². The third-order valence-electron chi connectivity index (χ3n) is 4.31. The molecule has 0 saturated heterocycles. The van der Waals surface area contributed by atoms with Gasteiger partial charge in [0.05, 0.1) is 6.61 Å². The summed E-state index contributed by atoms with van der Waals surface area (Å²) in [6.07, 6.45) is 4.75. The van der Waals surface area contributed by atoms with Crippen LogP contribution in [0.2, 0.25) is 0 Å². The Labute approximate surface area is 125 Å². The van der Waals surface area contributed by atoms with Crippen LogP contribution in [0, 0.1) is 0 Å². The number of hydrogen-bond donors (Lipinski definition) is 2. The van der Waals surface area contributed by atoms with E-state index in [0.717, 1.165) is 26.1 Å². The summed E-state index contributed by atoms with van der Waals surface area (Å²) >= 11 is 0. The number of rotatable bonds is 11. The zero-order valence-corrected chi connectivity index (χ0v) is 14.2. The fourth-order valence-electron chi connectivity index (χ4n) is 2.95. The van der Waals surface area contributed by atoms with Gasteiger partial charge in [-0.2, -0.15) is 0 Å². The summed E-state index contributed by atoms with van der Waals surface area (Å²) in [4.78, 5) is 4.77. The summed E-state index contributed by atoms with van der Waals surface area (Å²) < 4.78 is 0. The monoisotopic (exact) mass is 285 g/mol. The van der Waals surface area contributed by atoms with Crippen LogP contribution in [0.25, 0.3) is 0 Å². The standard InChI is InChI=1S/C16H35N3O/c1-6-19(11-7-10-18(4)5)14(2)12-16(3,13-20)17-15-8-9-15/h14-15,17,20H,6-13H2,1-5H3. The lowest BCUT2D eigenvalue weighted by Gasteiger charge is -2.37. The molecule has 4 heteroatoms. The Morgan fingerprint density at radius 3 is 2.40 bits per heavy atom. The molecule has 4 nitrogen and oxygen atoms in total. The van der Waals surface area contributed by atoms with Crippen LogP contribution < -0.4 is 5.32 Å². The van der Waals surface area contributed by atoms with Crippen LogP contribution in [0.3, 0.4) is 0 Å². The molecular formula is C16H35N3O. The van der Waals surface area contributed by atoms with E-state index in [2.05, 4.69) is 50.0 Å². The molecule has 120 valence electrons. The maximum Gasteiger partial charge on any atom is 0.0611 e. The summed E-state index contributed by atoms with van der Waals surface area (Å²) in [6.45, 7) is 10.3. The Morgan fingerprint density at radius 2 is 1.95 bits per heavy atom. The lowest BCUT2D eigenvalue weighted by molar-refractivity contribution is 0.113. The predicted molar refractivity (Wildman–Crippen MR) is 86.1 cm³/mol. The van der Waals surface area contributed by atoms with E-state index in [1.807, 2.05) is 0 Å². The fourth-order valence-corrected chi connectivity index (χ4v) is 2.95. The first kappa shape index (κ1) is 17.9. The highest BCUT2D eigenvalue weighted by molar-refractivity contribution is 4.94. The van der Waals surface area contributed by atoms with Gasteiger partial charge >= 0.3 is 0 Å². The van der Waals surface area contributed by atoms with Gasteiger partial charge in [0.25, 0.3) is 0 Å². The minimum Gasteiger partial charge on any atom is -0.394 e. The molecule has 0 amide bonds. The normalized spacial score (nSPS) is 20.4. The van der Waals surface area contributed by atoms with Gasteiger partial charge in [-0.25, -0.2) is 0 Å². The molecule has 20 heavy (non-hydrogen) atoms. The van der Waals surface area contributed by atoms with Crippen molar-refractivity contribution < 1.29 is 5.11 Å². The smallest absolute Gasteiger partial charge is 0.0611 e. The maximum atomic E-state index is 9.73. The lowest BCUT2D eigenvalue weighted by Crippen LogP contribution is -2.51. The van der Waals surface area contributed by atoms with E-state index in [0.29, 0.717) is 12.1 Å². The summed E-state index contributed by atoms with van der Waals surface area (Å²) in [5.41, 5.74) is -0.129. The Hall–Kier alpha value is -0.160. The molecule has 0 aromatic rings. The van der Waals surface area contributed by atoms with Crippen LogP contribution in [0.4, 0.5) is 0 Å². The Bertz CT molecular complexity index is 268. The van der Waals surface area contributed by atoms with Gasteiger partial charge in [-0.15, -0.1) is 0 Å². The third kappa shape index (κ3) is 6.53. The van der Waals surface area contributed by atoms with Crippen molar-refractivity contribution in [3.8, 4) is 0 Å². The average molecular weight is 285 g/mol. The molecule has 2 N–H and O–H groups in total. The SMILES string of the molecule is CCN(CCCN(C)C)C(C)CC(C)(CO)NC1CC1. The molecule has 0 aromatic heterocycles. The van der Waals surface area contributed by atoms with Crippen molar-refractivity contribution in [2.24, 2.45) is 0 Å². The van der Waals surface area contributed by atoms with E-state index in [4.69, 9.17) is 0 Å². The maximum absolute atomic E-state index is 9.73. The van der Waals surface area contributed by atoms with Gasteiger partial charge in [-0.05, 0) is 73.3 Å². The third-order valence-corrected chi connectivity index (χ3v) is 4.31. The first-order valence-corrected chi connectivity index (χ1v) is 8.17. The van der Waals surface area contributed by atoms with Gasteiger partial charge in [0.15, 0.2) is 0 Å². The molecular weight excluding hydrogens is 250 g/mol. The van der Waals surface area contributed by atoms with Crippen molar-refractivity contribution in [3.05, 3.63) is 0 Å². The van der Waals surface area contributed by atoms with Gasteiger partial charge in [0, 0.05) is 17.6 Å². The van der Waals surface area contributed by atoms with Crippen LogP contribution in [-0.4, -0.2) is 72.9 Å². The number of aliphatic hydroxyl groups excluding tert-OH is 1. The highest BCUT2D eigenvalue weighted by Crippen LogP contribution is 2.25. The van der Waals surface area contributed by atoms with Gasteiger partial charge in [-0.1, -0.05) is 6.92 Å². The zero-order chi connectivity index (χ0) is 15.2. The summed E-state index contributed by atoms with van der Waals surface area (Å²) in [5.74, 6) is 0. The number of hydrogen-bond acceptors (Lipinski definition) is 4. The van der Waals surface area contributed by atoms with Crippen molar-refractivity contribution in [2.75, 3.05) is 40.3 Å². The van der Waals surface area contributed by atoms with Crippen LogP contribution in [0.15, 0.2) is 0 Å².